The predicted molar refractivity (Wildman–Crippen MR) is 90.0 cm³/mol. The van der Waals surface area contributed by atoms with E-state index in [0.717, 1.165) is 18.0 Å². The van der Waals surface area contributed by atoms with E-state index in [1.165, 1.54) is 14.9 Å². The van der Waals surface area contributed by atoms with Gasteiger partial charge in [-0.2, -0.15) is 11.3 Å². The lowest BCUT2D eigenvalue weighted by atomic mass is 10.1. The number of thiophene rings is 1. The normalized spacial score (nSPS) is 19.2. The highest BCUT2D eigenvalue weighted by molar-refractivity contribution is 9.10. The summed E-state index contributed by atoms with van der Waals surface area (Å²) in [6.45, 7) is 3.07. The van der Waals surface area contributed by atoms with E-state index in [0.29, 0.717) is 0 Å². The topological polar surface area (TPSA) is 21.3 Å². The van der Waals surface area contributed by atoms with Crippen molar-refractivity contribution in [1.82, 2.24) is 5.32 Å². The van der Waals surface area contributed by atoms with E-state index in [2.05, 4.69) is 57.1 Å². The molecule has 1 N–H and O–H groups in total. The number of para-hydroxylation sites is 1. The molecule has 1 aliphatic heterocycles. The Morgan fingerprint density at radius 1 is 1.40 bits per heavy atom. The molecule has 20 heavy (non-hydrogen) atoms. The average Bonchev–Trinajstić information content (AvgIpc) is 2.90. The third-order valence-corrected chi connectivity index (χ3v) is 6.20. The second kappa shape index (κ2) is 6.52. The fraction of sp³-hybridized carbons (Fsp3) is 0.333. The molecule has 0 amide bonds. The number of nitrogens with one attached hydrogen (secondary N) is 1. The lowest BCUT2D eigenvalue weighted by molar-refractivity contribution is 0.167. The molecule has 2 aromatic rings. The van der Waals surface area contributed by atoms with Gasteiger partial charge in [-0.3, -0.25) is 0 Å². The van der Waals surface area contributed by atoms with Crippen molar-refractivity contribution in [3.63, 3.8) is 0 Å². The van der Waals surface area contributed by atoms with Crippen molar-refractivity contribution in [1.29, 1.82) is 0 Å². The van der Waals surface area contributed by atoms with Crippen LogP contribution in [0.15, 0.2) is 44.4 Å². The maximum Gasteiger partial charge on any atom is 0.133 e. The molecule has 3 rings (SSSR count). The first kappa shape index (κ1) is 14.4. The molecule has 5 heteroatoms. The van der Waals surface area contributed by atoms with Gasteiger partial charge in [0.1, 0.15) is 11.9 Å². The summed E-state index contributed by atoms with van der Waals surface area (Å²) >= 11 is 7.24. The standard InChI is InChI=1S/C15H16BrNOS2/c1-2-17-15(10-7-19-8-11(10)16)13-9-20-14-6-4-3-5-12(14)18-13/h3-8,13,15,17H,2,9H2,1H3. The van der Waals surface area contributed by atoms with Crippen LogP contribution in [0.1, 0.15) is 18.5 Å². The maximum absolute atomic E-state index is 6.23. The number of benzene rings is 1. The summed E-state index contributed by atoms with van der Waals surface area (Å²) < 4.78 is 7.39. The van der Waals surface area contributed by atoms with E-state index >= 15 is 0 Å². The molecular weight excluding hydrogens is 354 g/mol. The SMILES string of the molecule is CCNC(c1cscc1Br)C1CSc2ccccc2O1. The second-order valence-electron chi connectivity index (χ2n) is 4.62. The van der Waals surface area contributed by atoms with Gasteiger partial charge in [0.25, 0.3) is 0 Å². The van der Waals surface area contributed by atoms with Crippen LogP contribution in [0.5, 0.6) is 5.75 Å². The highest BCUT2D eigenvalue weighted by atomic mass is 79.9. The van der Waals surface area contributed by atoms with Crippen molar-refractivity contribution in [2.45, 2.75) is 24.0 Å². The van der Waals surface area contributed by atoms with E-state index in [9.17, 15) is 0 Å². The summed E-state index contributed by atoms with van der Waals surface area (Å²) in [6.07, 6.45) is 0.153. The number of ether oxygens (including phenoxy) is 1. The molecule has 2 heterocycles. The molecule has 0 aliphatic carbocycles. The number of hydrogen-bond donors (Lipinski definition) is 1. The van der Waals surface area contributed by atoms with Gasteiger partial charge in [-0.05, 0) is 45.6 Å². The van der Waals surface area contributed by atoms with Gasteiger partial charge in [-0.15, -0.1) is 11.8 Å². The van der Waals surface area contributed by atoms with Crippen LogP contribution in [0.2, 0.25) is 0 Å². The molecule has 0 bridgehead atoms. The molecule has 1 aromatic heterocycles. The summed E-state index contributed by atoms with van der Waals surface area (Å²) in [5, 5.41) is 7.89. The van der Waals surface area contributed by atoms with Crippen LogP contribution in [0.3, 0.4) is 0 Å². The molecular formula is C15H16BrNOS2. The molecule has 0 radical (unpaired) electrons. The number of halogens is 1. The number of rotatable bonds is 4. The van der Waals surface area contributed by atoms with E-state index in [-0.39, 0.29) is 12.1 Å². The number of hydrogen-bond acceptors (Lipinski definition) is 4. The molecule has 0 spiro atoms. The predicted octanol–water partition coefficient (Wildman–Crippen LogP) is 4.71. The Balaban J connectivity index is 1.85. The second-order valence-corrected chi connectivity index (χ2v) is 7.28. The van der Waals surface area contributed by atoms with Crippen molar-refractivity contribution in [3.8, 4) is 5.75 Å². The average molecular weight is 370 g/mol. The quantitative estimate of drug-likeness (QED) is 0.842. The Hall–Kier alpha value is -0.490. The third kappa shape index (κ3) is 2.91. The van der Waals surface area contributed by atoms with Crippen LogP contribution < -0.4 is 10.1 Å². The maximum atomic E-state index is 6.23. The molecule has 0 fully saturated rings. The zero-order valence-electron chi connectivity index (χ0n) is 11.1. The number of fused-ring (bicyclic) bond motifs is 1. The van der Waals surface area contributed by atoms with Gasteiger partial charge in [0.2, 0.25) is 0 Å². The van der Waals surface area contributed by atoms with Gasteiger partial charge >= 0.3 is 0 Å². The molecule has 1 aromatic carbocycles. The van der Waals surface area contributed by atoms with E-state index in [1.54, 1.807) is 11.3 Å². The molecule has 0 saturated heterocycles. The van der Waals surface area contributed by atoms with Crippen molar-refractivity contribution in [2.75, 3.05) is 12.3 Å². The summed E-state index contributed by atoms with van der Waals surface area (Å²) in [5.74, 6) is 1.97. The van der Waals surface area contributed by atoms with Gasteiger partial charge in [0.15, 0.2) is 0 Å². The largest absolute Gasteiger partial charge is 0.486 e. The summed E-state index contributed by atoms with van der Waals surface area (Å²) in [5.41, 5.74) is 1.29. The van der Waals surface area contributed by atoms with Crippen LogP contribution in [-0.2, 0) is 0 Å². The first-order chi connectivity index (χ1) is 9.79. The minimum Gasteiger partial charge on any atom is -0.486 e. The van der Waals surface area contributed by atoms with Crippen molar-refractivity contribution < 1.29 is 4.74 Å². The first-order valence-corrected chi connectivity index (χ1v) is 9.35. The van der Waals surface area contributed by atoms with Gasteiger partial charge < -0.3 is 10.1 Å². The highest BCUT2D eigenvalue weighted by Crippen LogP contribution is 2.40. The van der Waals surface area contributed by atoms with Gasteiger partial charge in [-0.25, -0.2) is 0 Å². The van der Waals surface area contributed by atoms with Gasteiger partial charge in [0, 0.05) is 20.5 Å². The van der Waals surface area contributed by atoms with Crippen LogP contribution in [0, 0.1) is 0 Å². The molecule has 1 aliphatic rings. The highest BCUT2D eigenvalue weighted by Gasteiger charge is 2.30. The Morgan fingerprint density at radius 2 is 2.25 bits per heavy atom. The van der Waals surface area contributed by atoms with Crippen molar-refractivity contribution in [2.24, 2.45) is 0 Å². The van der Waals surface area contributed by atoms with Gasteiger partial charge in [-0.1, -0.05) is 19.1 Å². The summed E-state index contributed by atoms with van der Waals surface area (Å²) in [4.78, 5) is 1.24. The minimum atomic E-state index is 0.153. The molecule has 0 saturated carbocycles. The fourth-order valence-corrected chi connectivity index (χ4v) is 4.99. The lowest BCUT2D eigenvalue weighted by Crippen LogP contribution is -2.38. The van der Waals surface area contributed by atoms with Crippen LogP contribution in [0.4, 0.5) is 0 Å². The monoisotopic (exact) mass is 369 g/mol. The van der Waals surface area contributed by atoms with E-state index in [4.69, 9.17) is 4.74 Å². The third-order valence-electron chi connectivity index (χ3n) is 3.30. The van der Waals surface area contributed by atoms with E-state index < -0.39 is 0 Å². The zero-order valence-corrected chi connectivity index (χ0v) is 14.4. The Labute approximate surface area is 136 Å². The van der Waals surface area contributed by atoms with Crippen LogP contribution in [-0.4, -0.2) is 18.4 Å². The molecule has 106 valence electrons. The minimum absolute atomic E-state index is 0.153. The molecule has 2 atom stereocenters. The number of thioether (sulfide) groups is 1. The van der Waals surface area contributed by atoms with Crippen molar-refractivity contribution in [3.05, 3.63) is 45.1 Å². The number of likely N-dealkylation sites (N-methyl/N-ethyl adjacent to an activating group) is 1. The van der Waals surface area contributed by atoms with Gasteiger partial charge in [0.05, 0.1) is 6.04 Å². The Morgan fingerprint density at radius 3 is 3.00 bits per heavy atom. The summed E-state index contributed by atoms with van der Waals surface area (Å²) in [6, 6.07) is 8.50. The zero-order chi connectivity index (χ0) is 13.9. The Kier molecular flexibility index (Phi) is 4.71. The Bertz CT molecular complexity index is 587. The molecule has 2 unspecified atom stereocenters. The lowest BCUT2D eigenvalue weighted by Gasteiger charge is -2.32. The summed E-state index contributed by atoms with van der Waals surface area (Å²) in [7, 11) is 0. The fourth-order valence-electron chi connectivity index (χ4n) is 2.37. The smallest absolute Gasteiger partial charge is 0.133 e. The van der Waals surface area contributed by atoms with Crippen molar-refractivity contribution >= 4 is 39.0 Å². The van der Waals surface area contributed by atoms with E-state index in [1.807, 2.05) is 17.8 Å². The van der Waals surface area contributed by atoms with Crippen LogP contribution >= 0.6 is 39.0 Å². The molecule has 2 nitrogen and oxygen atoms in total. The first-order valence-electron chi connectivity index (χ1n) is 6.63. The van der Waals surface area contributed by atoms with Crippen LogP contribution in [0.25, 0.3) is 0 Å².